The molecule has 0 spiro atoms. The predicted molar refractivity (Wildman–Crippen MR) is 73.9 cm³/mol. The third-order valence-corrected chi connectivity index (χ3v) is 4.26. The van der Waals surface area contributed by atoms with Gasteiger partial charge in [-0.25, -0.2) is 18.1 Å². The van der Waals surface area contributed by atoms with E-state index in [9.17, 15) is 8.42 Å². The Bertz CT molecular complexity index is 636. The van der Waals surface area contributed by atoms with Crippen LogP contribution in [0.25, 0.3) is 0 Å². The van der Waals surface area contributed by atoms with Gasteiger partial charge in [-0.2, -0.15) is 0 Å². The molecule has 0 aliphatic carbocycles. The minimum absolute atomic E-state index is 0.0506. The molecule has 2 N–H and O–H groups in total. The van der Waals surface area contributed by atoms with Crippen LogP contribution in [0.4, 0.5) is 0 Å². The first-order valence-corrected chi connectivity index (χ1v) is 7.64. The van der Waals surface area contributed by atoms with Gasteiger partial charge in [0.2, 0.25) is 10.0 Å². The second kappa shape index (κ2) is 5.92. The van der Waals surface area contributed by atoms with Crippen LogP contribution in [-0.2, 0) is 16.4 Å². The molecule has 0 amide bonds. The van der Waals surface area contributed by atoms with Gasteiger partial charge in [0, 0.05) is 34.9 Å². The number of nitrogens with one attached hydrogen (secondary N) is 2. The maximum atomic E-state index is 12.0. The molecule has 2 aromatic rings. The number of aromatic amines is 1. The minimum Gasteiger partial charge on any atom is -0.348 e. The van der Waals surface area contributed by atoms with Gasteiger partial charge in [-0.1, -0.05) is 23.2 Å². The van der Waals surface area contributed by atoms with Crippen LogP contribution in [0.15, 0.2) is 35.6 Å². The summed E-state index contributed by atoms with van der Waals surface area (Å²) >= 11 is 11.6. The van der Waals surface area contributed by atoms with Crippen molar-refractivity contribution < 1.29 is 8.42 Å². The first-order chi connectivity index (χ1) is 8.97. The molecule has 1 heterocycles. The summed E-state index contributed by atoms with van der Waals surface area (Å²) in [5, 5.41) is 0.558. The van der Waals surface area contributed by atoms with Crippen molar-refractivity contribution in [2.24, 2.45) is 0 Å². The van der Waals surface area contributed by atoms with E-state index in [0.717, 1.165) is 5.69 Å². The lowest BCUT2D eigenvalue weighted by Crippen LogP contribution is -2.26. The molecular weight excluding hydrogens is 309 g/mol. The Balaban J connectivity index is 2.05. The number of sulfonamides is 1. The zero-order chi connectivity index (χ0) is 13.9. The summed E-state index contributed by atoms with van der Waals surface area (Å²) in [6, 6.07) is 4.19. The van der Waals surface area contributed by atoms with E-state index < -0.39 is 10.0 Å². The Morgan fingerprint density at radius 1 is 1.21 bits per heavy atom. The number of halogens is 2. The summed E-state index contributed by atoms with van der Waals surface area (Å²) < 4.78 is 26.5. The molecule has 2 rings (SSSR count). The highest BCUT2D eigenvalue weighted by Crippen LogP contribution is 2.22. The molecule has 19 heavy (non-hydrogen) atoms. The van der Waals surface area contributed by atoms with Gasteiger partial charge in [0.1, 0.15) is 0 Å². The normalized spacial score (nSPS) is 11.7. The maximum absolute atomic E-state index is 12.0. The first-order valence-electron chi connectivity index (χ1n) is 5.40. The van der Waals surface area contributed by atoms with Crippen LogP contribution in [0.3, 0.4) is 0 Å². The molecule has 5 nitrogen and oxygen atoms in total. The van der Waals surface area contributed by atoms with Crippen LogP contribution in [-0.4, -0.2) is 24.9 Å². The Morgan fingerprint density at radius 2 is 1.89 bits per heavy atom. The van der Waals surface area contributed by atoms with Crippen LogP contribution in [0, 0.1) is 0 Å². The summed E-state index contributed by atoms with van der Waals surface area (Å²) in [7, 11) is -3.61. The van der Waals surface area contributed by atoms with E-state index in [-0.39, 0.29) is 21.5 Å². The van der Waals surface area contributed by atoms with E-state index in [2.05, 4.69) is 14.7 Å². The van der Waals surface area contributed by atoms with E-state index in [4.69, 9.17) is 23.2 Å². The van der Waals surface area contributed by atoms with Crippen LogP contribution >= 0.6 is 23.2 Å². The molecule has 1 aromatic carbocycles. The van der Waals surface area contributed by atoms with Gasteiger partial charge in [0.15, 0.2) is 0 Å². The van der Waals surface area contributed by atoms with Crippen molar-refractivity contribution in [3.8, 4) is 0 Å². The van der Waals surface area contributed by atoms with Gasteiger partial charge in [-0.15, -0.1) is 0 Å². The number of rotatable bonds is 5. The molecule has 0 unspecified atom stereocenters. The zero-order valence-electron chi connectivity index (χ0n) is 9.73. The molecule has 0 bridgehead atoms. The fourth-order valence-corrected chi connectivity index (χ4v) is 3.27. The Hall–Kier alpha value is -1.08. The molecule has 0 saturated carbocycles. The standard InChI is InChI=1S/C11H11Cl2N3O2S/c12-8-3-9(13)5-11(4-8)19(17,18)16-2-1-10-6-14-7-15-10/h3-7,16H,1-2H2,(H,14,15). The van der Waals surface area contributed by atoms with E-state index in [1.54, 1.807) is 12.5 Å². The van der Waals surface area contributed by atoms with Gasteiger partial charge in [0.05, 0.1) is 11.2 Å². The average molecular weight is 320 g/mol. The van der Waals surface area contributed by atoms with Gasteiger partial charge >= 0.3 is 0 Å². The van der Waals surface area contributed by atoms with Crippen molar-refractivity contribution in [1.82, 2.24) is 14.7 Å². The van der Waals surface area contributed by atoms with Gasteiger partial charge < -0.3 is 4.98 Å². The summed E-state index contributed by atoms with van der Waals surface area (Å²) in [5.74, 6) is 0. The van der Waals surface area contributed by atoms with Crippen molar-refractivity contribution in [3.05, 3.63) is 46.5 Å². The van der Waals surface area contributed by atoms with Crippen molar-refractivity contribution in [2.45, 2.75) is 11.3 Å². The van der Waals surface area contributed by atoms with E-state index in [1.807, 2.05) is 0 Å². The number of aromatic nitrogens is 2. The predicted octanol–water partition coefficient (Wildman–Crippen LogP) is 2.24. The summed E-state index contributed by atoms with van der Waals surface area (Å²) in [6.07, 6.45) is 3.71. The highest BCUT2D eigenvalue weighted by atomic mass is 35.5. The number of hydrogen-bond donors (Lipinski definition) is 2. The lowest BCUT2D eigenvalue weighted by molar-refractivity contribution is 0.581. The maximum Gasteiger partial charge on any atom is 0.240 e. The SMILES string of the molecule is O=S(=O)(NCCc1cnc[nH]1)c1cc(Cl)cc(Cl)c1. The number of H-pyrrole nitrogens is 1. The van der Waals surface area contributed by atoms with Gasteiger partial charge in [0.25, 0.3) is 0 Å². The van der Waals surface area contributed by atoms with E-state index in [1.165, 1.54) is 18.2 Å². The number of imidazole rings is 1. The lowest BCUT2D eigenvalue weighted by Gasteiger charge is -2.07. The van der Waals surface area contributed by atoms with Crippen molar-refractivity contribution in [1.29, 1.82) is 0 Å². The number of benzene rings is 1. The monoisotopic (exact) mass is 319 g/mol. The molecule has 0 radical (unpaired) electrons. The number of hydrogen-bond acceptors (Lipinski definition) is 3. The average Bonchev–Trinajstić information content (AvgIpc) is 2.80. The van der Waals surface area contributed by atoms with Crippen LogP contribution in [0.5, 0.6) is 0 Å². The third-order valence-electron chi connectivity index (χ3n) is 2.39. The Morgan fingerprint density at radius 3 is 2.47 bits per heavy atom. The first kappa shape index (κ1) is 14.3. The lowest BCUT2D eigenvalue weighted by atomic mass is 10.3. The fraction of sp³-hybridized carbons (Fsp3) is 0.182. The quantitative estimate of drug-likeness (QED) is 0.887. The molecule has 0 aliphatic rings. The van der Waals surface area contributed by atoms with Crippen molar-refractivity contribution >= 4 is 33.2 Å². The van der Waals surface area contributed by atoms with Crippen molar-refractivity contribution in [3.63, 3.8) is 0 Å². The molecule has 1 aromatic heterocycles. The Labute approximate surface area is 121 Å². The molecule has 0 fully saturated rings. The molecule has 8 heteroatoms. The molecule has 0 atom stereocenters. The summed E-state index contributed by atoms with van der Waals surface area (Å²) in [6.45, 7) is 0.259. The van der Waals surface area contributed by atoms with Gasteiger partial charge in [-0.3, -0.25) is 0 Å². The molecule has 0 saturated heterocycles. The third kappa shape index (κ3) is 3.94. The largest absolute Gasteiger partial charge is 0.348 e. The van der Waals surface area contributed by atoms with Gasteiger partial charge in [-0.05, 0) is 18.2 Å². The second-order valence-corrected chi connectivity index (χ2v) is 6.47. The van der Waals surface area contributed by atoms with Crippen molar-refractivity contribution in [2.75, 3.05) is 6.54 Å². The Kier molecular flexibility index (Phi) is 4.46. The summed E-state index contributed by atoms with van der Waals surface area (Å²) in [4.78, 5) is 6.79. The van der Waals surface area contributed by atoms with E-state index >= 15 is 0 Å². The minimum atomic E-state index is -3.61. The van der Waals surface area contributed by atoms with Crippen LogP contribution < -0.4 is 4.72 Å². The summed E-state index contributed by atoms with van der Waals surface area (Å²) in [5.41, 5.74) is 0.854. The smallest absolute Gasteiger partial charge is 0.240 e. The zero-order valence-corrected chi connectivity index (χ0v) is 12.1. The topological polar surface area (TPSA) is 74.8 Å². The van der Waals surface area contributed by atoms with Crippen LogP contribution in [0.2, 0.25) is 10.0 Å². The highest BCUT2D eigenvalue weighted by molar-refractivity contribution is 7.89. The molecular formula is C11H11Cl2N3O2S. The fourth-order valence-electron chi connectivity index (χ4n) is 1.51. The molecule has 0 aliphatic heterocycles. The second-order valence-electron chi connectivity index (χ2n) is 3.83. The van der Waals surface area contributed by atoms with Crippen LogP contribution in [0.1, 0.15) is 5.69 Å². The molecule has 102 valence electrons. The van der Waals surface area contributed by atoms with E-state index in [0.29, 0.717) is 6.42 Å². The number of nitrogens with zero attached hydrogens (tertiary/aromatic N) is 1. The highest BCUT2D eigenvalue weighted by Gasteiger charge is 2.15.